The number of H-pyrrole nitrogens is 1. The van der Waals surface area contributed by atoms with Crippen molar-refractivity contribution in [3.63, 3.8) is 0 Å². The quantitative estimate of drug-likeness (QED) is 0.912. The molecule has 0 atom stereocenters. The molecular weight excluding hydrogens is 328 g/mol. The number of aromatic nitrogens is 4. The Hall–Kier alpha value is -2.44. The molecule has 1 N–H and O–H groups in total. The zero-order valence-corrected chi connectivity index (χ0v) is 15.4. The Bertz CT molecular complexity index is 821. The van der Waals surface area contributed by atoms with Crippen molar-refractivity contribution in [2.75, 3.05) is 36.0 Å². The Labute approximate surface area is 153 Å². The third-order valence-corrected chi connectivity index (χ3v) is 5.27. The molecule has 0 unspecified atom stereocenters. The lowest BCUT2D eigenvalue weighted by Gasteiger charge is -2.27. The second kappa shape index (κ2) is 7.43. The Morgan fingerprint density at radius 2 is 1.58 bits per heavy atom. The summed E-state index contributed by atoms with van der Waals surface area (Å²) in [6.07, 6.45) is 9.00. The number of piperidine rings is 2. The summed E-state index contributed by atoms with van der Waals surface area (Å²) in [5.41, 5.74) is 2.21. The van der Waals surface area contributed by atoms with Crippen LogP contribution >= 0.6 is 0 Å². The van der Waals surface area contributed by atoms with Gasteiger partial charge in [0, 0.05) is 44.0 Å². The van der Waals surface area contributed by atoms with Crippen LogP contribution in [-0.4, -0.2) is 46.1 Å². The molecule has 2 fully saturated rings. The molecule has 138 valence electrons. The van der Waals surface area contributed by atoms with E-state index in [9.17, 15) is 4.79 Å². The van der Waals surface area contributed by atoms with Crippen molar-refractivity contribution in [3.05, 3.63) is 28.3 Å². The normalized spacial score (nSPS) is 18.2. The predicted octanol–water partition coefficient (Wildman–Crippen LogP) is 2.52. The largest absolute Gasteiger partial charge is 0.342 e. The molecule has 0 saturated carbocycles. The van der Waals surface area contributed by atoms with Crippen molar-refractivity contribution in [1.82, 2.24) is 19.9 Å². The van der Waals surface area contributed by atoms with E-state index in [0.717, 1.165) is 56.2 Å². The van der Waals surface area contributed by atoms with E-state index in [1.807, 2.05) is 13.1 Å². The first kappa shape index (κ1) is 17.0. The molecule has 2 aromatic rings. The summed E-state index contributed by atoms with van der Waals surface area (Å²) >= 11 is 0. The van der Waals surface area contributed by atoms with Gasteiger partial charge in [-0.3, -0.25) is 9.78 Å². The van der Waals surface area contributed by atoms with Crippen molar-refractivity contribution in [3.8, 4) is 11.3 Å². The number of aryl methyl sites for hydroxylation is 1. The fourth-order valence-electron chi connectivity index (χ4n) is 3.79. The van der Waals surface area contributed by atoms with Gasteiger partial charge in [-0.2, -0.15) is 0 Å². The Morgan fingerprint density at radius 3 is 2.23 bits per heavy atom. The van der Waals surface area contributed by atoms with E-state index < -0.39 is 0 Å². The number of hydrogen-bond donors (Lipinski definition) is 1. The van der Waals surface area contributed by atoms with E-state index in [1.165, 1.54) is 25.7 Å². The van der Waals surface area contributed by atoms with Gasteiger partial charge in [0.1, 0.15) is 0 Å². The van der Waals surface area contributed by atoms with E-state index in [-0.39, 0.29) is 5.56 Å². The molecule has 2 aromatic heterocycles. The molecule has 0 spiro atoms. The average molecular weight is 354 g/mol. The highest BCUT2D eigenvalue weighted by Crippen LogP contribution is 2.24. The Balaban J connectivity index is 1.64. The summed E-state index contributed by atoms with van der Waals surface area (Å²) in [4.78, 5) is 33.4. The van der Waals surface area contributed by atoms with Crippen LogP contribution in [0.25, 0.3) is 11.3 Å². The van der Waals surface area contributed by atoms with E-state index in [4.69, 9.17) is 9.97 Å². The second-order valence-corrected chi connectivity index (χ2v) is 7.22. The van der Waals surface area contributed by atoms with Crippen LogP contribution in [0.2, 0.25) is 0 Å². The Morgan fingerprint density at radius 1 is 0.923 bits per heavy atom. The molecule has 2 aliphatic heterocycles. The lowest BCUT2D eigenvalue weighted by molar-refractivity contribution is 0.567. The average Bonchev–Trinajstić information content (AvgIpc) is 2.69. The molecule has 4 rings (SSSR count). The fourth-order valence-corrected chi connectivity index (χ4v) is 3.79. The maximum absolute atomic E-state index is 12.2. The minimum absolute atomic E-state index is 0.130. The van der Waals surface area contributed by atoms with E-state index in [2.05, 4.69) is 19.8 Å². The molecule has 2 aliphatic rings. The Kier molecular flexibility index (Phi) is 4.86. The zero-order valence-electron chi connectivity index (χ0n) is 15.4. The maximum Gasteiger partial charge on any atom is 0.252 e. The zero-order chi connectivity index (χ0) is 17.9. The number of nitrogens with one attached hydrogen (secondary N) is 1. The first-order chi connectivity index (χ1) is 12.7. The molecule has 2 saturated heterocycles. The first-order valence-electron chi connectivity index (χ1n) is 9.66. The number of rotatable bonds is 3. The van der Waals surface area contributed by atoms with Gasteiger partial charge in [0.15, 0.2) is 0 Å². The van der Waals surface area contributed by atoms with Gasteiger partial charge in [0.05, 0.1) is 11.4 Å². The summed E-state index contributed by atoms with van der Waals surface area (Å²) in [5, 5.41) is 0. The minimum Gasteiger partial charge on any atom is -0.342 e. The van der Waals surface area contributed by atoms with Crippen molar-refractivity contribution >= 4 is 11.9 Å². The molecule has 7 heteroatoms. The van der Waals surface area contributed by atoms with Crippen LogP contribution < -0.4 is 15.4 Å². The number of nitrogens with zero attached hydrogens (tertiary/aromatic N) is 5. The highest BCUT2D eigenvalue weighted by atomic mass is 16.1. The van der Waals surface area contributed by atoms with Crippen LogP contribution in [-0.2, 0) is 0 Å². The topological polar surface area (TPSA) is 78.0 Å². The maximum atomic E-state index is 12.2. The van der Waals surface area contributed by atoms with Gasteiger partial charge in [-0.05, 0) is 45.4 Å². The van der Waals surface area contributed by atoms with Gasteiger partial charge in [0.2, 0.25) is 11.9 Å². The van der Waals surface area contributed by atoms with Gasteiger partial charge in [0.25, 0.3) is 5.56 Å². The van der Waals surface area contributed by atoms with Crippen molar-refractivity contribution in [2.45, 2.75) is 45.4 Å². The summed E-state index contributed by atoms with van der Waals surface area (Å²) in [7, 11) is 0. The molecule has 7 nitrogen and oxygen atoms in total. The van der Waals surface area contributed by atoms with Gasteiger partial charge in [-0.15, -0.1) is 0 Å². The summed E-state index contributed by atoms with van der Waals surface area (Å²) < 4.78 is 0. The van der Waals surface area contributed by atoms with E-state index in [1.54, 1.807) is 6.07 Å². The van der Waals surface area contributed by atoms with Crippen LogP contribution in [0.15, 0.2) is 17.1 Å². The van der Waals surface area contributed by atoms with E-state index >= 15 is 0 Å². The fraction of sp³-hybridized carbons (Fsp3) is 0.579. The van der Waals surface area contributed by atoms with Crippen LogP contribution in [0.4, 0.5) is 11.9 Å². The highest BCUT2D eigenvalue weighted by Gasteiger charge is 2.18. The van der Waals surface area contributed by atoms with Crippen molar-refractivity contribution < 1.29 is 0 Å². The van der Waals surface area contributed by atoms with Crippen LogP contribution in [0, 0.1) is 6.92 Å². The molecule has 0 aliphatic carbocycles. The predicted molar refractivity (Wildman–Crippen MR) is 103 cm³/mol. The molecular formula is C19H26N6O. The standard InChI is InChI=1S/C19H26N6O/c1-14-15(13-20-18(21-14)24-8-4-2-5-9-24)16-12-17(26)23-19(22-16)25-10-6-3-7-11-25/h12-13H,2-11H2,1H3,(H,22,23,26). The summed E-state index contributed by atoms with van der Waals surface area (Å²) in [6.45, 7) is 5.88. The number of aromatic amines is 1. The van der Waals surface area contributed by atoms with Gasteiger partial charge in [-0.25, -0.2) is 15.0 Å². The molecule has 0 amide bonds. The highest BCUT2D eigenvalue weighted by molar-refractivity contribution is 5.62. The second-order valence-electron chi connectivity index (χ2n) is 7.22. The lowest BCUT2D eigenvalue weighted by Crippen LogP contribution is -2.32. The van der Waals surface area contributed by atoms with Crippen LogP contribution in [0.1, 0.15) is 44.2 Å². The molecule has 0 bridgehead atoms. The molecule has 0 radical (unpaired) electrons. The SMILES string of the molecule is Cc1nc(N2CCCCC2)ncc1-c1cc(=O)[nH]c(N2CCCCC2)n1. The van der Waals surface area contributed by atoms with Gasteiger partial charge in [-0.1, -0.05) is 0 Å². The monoisotopic (exact) mass is 354 g/mol. The third-order valence-electron chi connectivity index (χ3n) is 5.27. The van der Waals surface area contributed by atoms with Gasteiger partial charge < -0.3 is 9.80 Å². The number of anilines is 2. The number of hydrogen-bond acceptors (Lipinski definition) is 6. The van der Waals surface area contributed by atoms with E-state index in [0.29, 0.717) is 11.6 Å². The summed E-state index contributed by atoms with van der Waals surface area (Å²) in [5.74, 6) is 1.44. The third kappa shape index (κ3) is 3.57. The minimum atomic E-state index is -0.130. The van der Waals surface area contributed by atoms with Crippen LogP contribution in [0.5, 0.6) is 0 Å². The molecule has 26 heavy (non-hydrogen) atoms. The smallest absolute Gasteiger partial charge is 0.252 e. The lowest BCUT2D eigenvalue weighted by atomic mass is 10.1. The van der Waals surface area contributed by atoms with Gasteiger partial charge >= 0.3 is 0 Å². The van der Waals surface area contributed by atoms with Crippen molar-refractivity contribution in [1.29, 1.82) is 0 Å². The van der Waals surface area contributed by atoms with Crippen LogP contribution in [0.3, 0.4) is 0 Å². The summed E-state index contributed by atoms with van der Waals surface area (Å²) in [6, 6.07) is 1.54. The molecule has 0 aromatic carbocycles. The van der Waals surface area contributed by atoms with Crippen molar-refractivity contribution in [2.24, 2.45) is 0 Å². The first-order valence-corrected chi connectivity index (χ1v) is 9.66. The molecule has 4 heterocycles.